The minimum Gasteiger partial charge on any atom is -0.413 e. The van der Waals surface area contributed by atoms with Crippen LogP contribution in [0.25, 0.3) is 23.0 Å². The Hall–Kier alpha value is -5.58. The molecule has 4 aromatic carbocycles. The van der Waals surface area contributed by atoms with Crippen molar-refractivity contribution in [2.24, 2.45) is 0 Å². The van der Waals surface area contributed by atoms with Crippen molar-refractivity contribution in [2.75, 3.05) is 0 Å². The van der Waals surface area contributed by atoms with Crippen molar-refractivity contribution >= 4 is 37.1 Å². The summed E-state index contributed by atoms with van der Waals surface area (Å²) in [6, 6.07) is 53.7. The second-order valence-corrected chi connectivity index (χ2v) is 16.0. The van der Waals surface area contributed by atoms with Crippen LogP contribution in [0.4, 0.5) is 17.6 Å². The van der Waals surface area contributed by atoms with Gasteiger partial charge in [-0.1, -0.05) is 84.9 Å². The van der Waals surface area contributed by atoms with Gasteiger partial charge >= 0.3 is 26.0 Å². The fourth-order valence-electron chi connectivity index (χ4n) is 5.14. The summed E-state index contributed by atoms with van der Waals surface area (Å²) in [5, 5.41) is 18.6. The topological polar surface area (TPSA) is 106 Å². The first-order valence-corrected chi connectivity index (χ1v) is 19.9. The predicted octanol–water partition coefficient (Wildman–Crippen LogP) is 7.34. The number of benzene rings is 4. The van der Waals surface area contributed by atoms with Crippen LogP contribution in [0.15, 0.2) is 182 Å². The van der Waals surface area contributed by atoms with Gasteiger partial charge in [0, 0.05) is 12.4 Å². The maximum atomic E-state index is 12.3. The van der Waals surface area contributed by atoms with E-state index in [2.05, 4.69) is 173 Å². The van der Waals surface area contributed by atoms with E-state index < -0.39 is 33.9 Å². The van der Waals surface area contributed by atoms with Crippen LogP contribution in [0.5, 0.6) is 0 Å². The molecule has 0 fully saturated rings. The van der Waals surface area contributed by atoms with Crippen molar-refractivity contribution in [3.05, 3.63) is 194 Å². The molecule has 0 spiro atoms. The van der Waals surface area contributed by atoms with Gasteiger partial charge in [-0.3, -0.25) is 15.1 Å². The molecular formula is C41H32F4N8OsP2+2. The van der Waals surface area contributed by atoms with E-state index >= 15 is 0 Å². The zero-order valence-electron chi connectivity index (χ0n) is 29.3. The Balaban J connectivity index is 0.000000179. The van der Waals surface area contributed by atoms with Crippen molar-refractivity contribution in [2.45, 2.75) is 6.18 Å². The number of rotatable bonds is 8. The molecule has 0 aliphatic rings. The summed E-state index contributed by atoms with van der Waals surface area (Å²) in [4.78, 5) is 14.4. The van der Waals surface area contributed by atoms with Gasteiger partial charge in [-0.2, -0.15) is 17.6 Å². The average Bonchev–Trinajstić information content (AvgIpc) is 3.93. The fourth-order valence-corrected chi connectivity index (χ4v) is 10.1. The zero-order valence-corrected chi connectivity index (χ0v) is 33.8. The summed E-state index contributed by atoms with van der Waals surface area (Å²) in [5.74, 6) is 3.85. The molecule has 0 N–H and O–H groups in total. The molecule has 0 radical (unpaired) electrons. The van der Waals surface area contributed by atoms with Crippen molar-refractivity contribution in [1.82, 2.24) is 40.3 Å². The molecule has 0 unspecified atom stereocenters. The van der Waals surface area contributed by atoms with Gasteiger partial charge < -0.3 is 20.2 Å². The van der Waals surface area contributed by atoms with E-state index in [4.69, 9.17) is 0 Å². The van der Waals surface area contributed by atoms with Gasteiger partial charge in [-0.15, -0.1) is 0 Å². The molecule has 15 heteroatoms. The number of nitrogens with zero attached hydrogens (tertiary/aromatic N) is 8. The van der Waals surface area contributed by atoms with Crippen molar-refractivity contribution in [3.8, 4) is 23.0 Å². The molecule has 4 heterocycles. The molecule has 8 nitrogen and oxygen atoms in total. The third kappa shape index (κ3) is 12.0. The third-order valence-corrected chi connectivity index (χ3v) is 12.8. The van der Waals surface area contributed by atoms with Gasteiger partial charge in [0.05, 0.1) is 27.2 Å². The Labute approximate surface area is 336 Å². The quantitative estimate of drug-likeness (QED) is 0.115. The van der Waals surface area contributed by atoms with Gasteiger partial charge in [-0.25, -0.2) is 5.10 Å². The second kappa shape index (κ2) is 20.9. The van der Waals surface area contributed by atoms with Gasteiger partial charge in [-0.05, 0) is 84.4 Å². The number of hydrogen-bond acceptors (Lipinski definition) is 6. The molecule has 56 heavy (non-hydrogen) atoms. The summed E-state index contributed by atoms with van der Waals surface area (Å²) >= 11 is 0. The van der Waals surface area contributed by atoms with Crippen LogP contribution in [0.1, 0.15) is 5.82 Å². The van der Waals surface area contributed by atoms with Crippen molar-refractivity contribution in [1.29, 1.82) is 0 Å². The molecule has 0 bridgehead atoms. The first kappa shape index (κ1) is 41.6. The fraction of sp³-hybridized carbons (Fsp3) is 0.0244. The molecule has 0 saturated carbocycles. The van der Waals surface area contributed by atoms with Crippen molar-refractivity contribution in [3.63, 3.8) is 0 Å². The summed E-state index contributed by atoms with van der Waals surface area (Å²) in [6.45, 7) is 0. The van der Waals surface area contributed by atoms with Crippen LogP contribution in [-0.4, -0.2) is 30.1 Å². The summed E-state index contributed by atoms with van der Waals surface area (Å²) < 4.78 is 48.7. The minimum atomic E-state index is -4.57. The summed E-state index contributed by atoms with van der Waals surface area (Å²) in [7, 11) is -1.93. The second-order valence-electron chi connectivity index (χ2n) is 11.4. The Bertz CT molecular complexity index is 2170. The molecular weight excluding hydrogens is 933 g/mol. The first-order chi connectivity index (χ1) is 26.8. The third-order valence-electron chi connectivity index (χ3n) is 7.67. The molecule has 4 aromatic heterocycles. The van der Waals surface area contributed by atoms with Gasteiger partial charge in [0.1, 0.15) is 38.7 Å². The average molecular weight is 965 g/mol. The maximum Gasteiger partial charge on any atom is 2.00 e. The van der Waals surface area contributed by atoms with Gasteiger partial charge in [0.15, 0.2) is 0 Å². The van der Waals surface area contributed by atoms with E-state index in [-0.39, 0.29) is 37.1 Å². The van der Waals surface area contributed by atoms with Gasteiger partial charge in [0.2, 0.25) is 6.08 Å². The van der Waals surface area contributed by atoms with E-state index in [1.54, 1.807) is 36.5 Å². The van der Waals surface area contributed by atoms with Crippen LogP contribution >= 0.6 is 15.8 Å². The Morgan fingerprint density at radius 1 is 0.464 bits per heavy atom. The Morgan fingerprint density at radius 3 is 1.12 bits per heavy atom. The van der Waals surface area contributed by atoms with E-state index in [0.29, 0.717) is 5.69 Å². The minimum absolute atomic E-state index is 0. The van der Waals surface area contributed by atoms with Crippen LogP contribution in [-0.2, 0) is 26.0 Å². The summed E-state index contributed by atoms with van der Waals surface area (Å²) in [5.41, 5.74) is 0.786. The molecule has 0 amide bonds. The van der Waals surface area contributed by atoms with E-state index in [9.17, 15) is 17.6 Å². The van der Waals surface area contributed by atoms with E-state index in [1.807, 2.05) is 0 Å². The monoisotopic (exact) mass is 966 g/mol. The van der Waals surface area contributed by atoms with Crippen LogP contribution < -0.4 is 31.4 Å². The molecule has 0 atom stereocenters. The van der Waals surface area contributed by atoms with Crippen LogP contribution in [0.2, 0.25) is 0 Å². The standard InChI is InChI=1S/C26H22P2.C8H4F3N4.C7H4FN4.Os/c1-5-13-23(14-6-1)27(24-15-7-2-8-16-24)21-22-28(25-17-9-3-10-18-25)26-19-11-4-12-20-26;9-8(10,11)7-13-6(14-15-7)5-3-1-2-4-12-5;8-7-10-6(11-12-7)5-3-1-2-4-9-5;/h1-22H;1-4H;1-4H;/q;2*-1;+2/p+2/b22-21-;;;. The molecule has 8 rings (SSSR count). The normalized spacial score (nSPS) is 11.0. The Morgan fingerprint density at radius 2 is 0.821 bits per heavy atom. The molecule has 0 aliphatic carbocycles. The van der Waals surface area contributed by atoms with Gasteiger partial charge in [0.25, 0.3) is 0 Å². The number of hydrogen-bond donors (Lipinski definition) is 0. The zero-order chi connectivity index (χ0) is 38.3. The number of aromatic nitrogens is 8. The van der Waals surface area contributed by atoms with Crippen LogP contribution in [0, 0.1) is 6.08 Å². The Kier molecular flexibility index (Phi) is 15.5. The van der Waals surface area contributed by atoms with Crippen molar-refractivity contribution < 1.29 is 37.4 Å². The first-order valence-electron chi connectivity index (χ1n) is 16.8. The number of halogens is 4. The molecule has 280 valence electrons. The maximum absolute atomic E-state index is 12.3. The smallest absolute Gasteiger partial charge is 0.413 e. The number of alkyl halides is 3. The number of pyridine rings is 2. The van der Waals surface area contributed by atoms with E-state index in [1.165, 1.54) is 33.5 Å². The molecule has 0 saturated heterocycles. The molecule has 8 aromatic rings. The summed E-state index contributed by atoms with van der Waals surface area (Å²) in [6.07, 6.45) is -2.36. The largest absolute Gasteiger partial charge is 2.00 e. The van der Waals surface area contributed by atoms with E-state index in [0.717, 1.165) is 0 Å². The predicted molar refractivity (Wildman–Crippen MR) is 212 cm³/mol. The van der Waals surface area contributed by atoms with Crippen LogP contribution in [0.3, 0.4) is 0 Å². The SMILES string of the molecule is C(=C/[PH+](c1ccccc1)c1ccccc1)/[PH+](c1ccccc1)c1ccccc1.FC(F)(F)c1n[n-]c(-c2ccccn2)n1.Fc1n[n-]c(-c2ccccn2)n1.[Os+2]. The molecule has 0 aliphatic heterocycles.